The lowest BCUT2D eigenvalue weighted by atomic mass is 10.3. The van der Waals surface area contributed by atoms with Gasteiger partial charge in [-0.3, -0.25) is 9.69 Å². The van der Waals surface area contributed by atoms with Gasteiger partial charge < -0.3 is 5.32 Å². The third-order valence-electron chi connectivity index (χ3n) is 2.63. The minimum Gasteiger partial charge on any atom is -0.302 e. The van der Waals surface area contributed by atoms with Crippen LogP contribution in [-0.2, 0) is 17.9 Å². The van der Waals surface area contributed by atoms with Gasteiger partial charge in [-0.25, -0.2) is 4.98 Å². The van der Waals surface area contributed by atoms with Gasteiger partial charge in [0.15, 0.2) is 5.13 Å². The Kier molecular flexibility index (Phi) is 5.07. The molecule has 0 aliphatic rings. The molecule has 4 nitrogen and oxygen atoms in total. The summed E-state index contributed by atoms with van der Waals surface area (Å²) in [6.45, 7) is 6.38. The Morgan fingerprint density at radius 2 is 2.26 bits per heavy atom. The normalized spacial score (nSPS) is 10.9. The topological polar surface area (TPSA) is 45.2 Å². The van der Waals surface area contributed by atoms with Crippen LogP contribution in [0, 0.1) is 0 Å². The van der Waals surface area contributed by atoms with Gasteiger partial charge in [0.25, 0.3) is 0 Å². The number of amides is 1. The number of hydrogen-bond acceptors (Lipinski definition) is 5. The molecule has 19 heavy (non-hydrogen) atoms. The highest BCUT2D eigenvalue weighted by atomic mass is 32.1. The van der Waals surface area contributed by atoms with Gasteiger partial charge in [-0.1, -0.05) is 13.0 Å². The molecule has 1 amide bonds. The van der Waals surface area contributed by atoms with Crippen LogP contribution in [-0.4, -0.2) is 22.3 Å². The molecule has 0 aromatic carbocycles. The first-order valence-corrected chi connectivity index (χ1v) is 7.90. The van der Waals surface area contributed by atoms with Crippen molar-refractivity contribution in [3.05, 3.63) is 33.5 Å². The Labute approximate surface area is 121 Å². The molecule has 102 valence electrons. The number of carbonyl (C=O) groups is 1. The van der Waals surface area contributed by atoms with Gasteiger partial charge in [-0.2, -0.15) is 0 Å². The van der Waals surface area contributed by atoms with Crippen molar-refractivity contribution in [2.45, 2.75) is 26.9 Å². The van der Waals surface area contributed by atoms with E-state index in [1.54, 1.807) is 11.3 Å². The standard InChI is InChI=1S/C13H17N3OS2/c1-3-16(8-12-5-4-6-18-12)7-11-9-19-13(15-11)14-10(2)17/h4-6,9H,3,7-8H2,1-2H3,(H,14,15,17). The van der Waals surface area contributed by atoms with E-state index in [4.69, 9.17) is 0 Å². The average molecular weight is 295 g/mol. The van der Waals surface area contributed by atoms with Crippen LogP contribution in [0.5, 0.6) is 0 Å². The maximum atomic E-state index is 11.0. The van der Waals surface area contributed by atoms with Gasteiger partial charge in [-0.15, -0.1) is 22.7 Å². The van der Waals surface area contributed by atoms with Crippen LogP contribution in [0.2, 0.25) is 0 Å². The molecule has 6 heteroatoms. The maximum Gasteiger partial charge on any atom is 0.223 e. The zero-order chi connectivity index (χ0) is 13.7. The van der Waals surface area contributed by atoms with Crippen molar-refractivity contribution in [2.24, 2.45) is 0 Å². The van der Waals surface area contributed by atoms with E-state index in [2.05, 4.69) is 39.6 Å². The third-order valence-corrected chi connectivity index (χ3v) is 4.29. The predicted molar refractivity (Wildman–Crippen MR) is 80.5 cm³/mol. The summed E-state index contributed by atoms with van der Waals surface area (Å²) in [5, 5.41) is 7.49. The summed E-state index contributed by atoms with van der Waals surface area (Å²) in [4.78, 5) is 19.1. The Bertz CT molecular complexity index is 522. The SMILES string of the molecule is CCN(Cc1csc(NC(C)=O)n1)Cc1cccs1. The Hall–Kier alpha value is -1.24. The summed E-state index contributed by atoms with van der Waals surface area (Å²) in [6.07, 6.45) is 0. The minimum atomic E-state index is -0.0770. The van der Waals surface area contributed by atoms with Crippen LogP contribution in [0.1, 0.15) is 24.4 Å². The van der Waals surface area contributed by atoms with E-state index in [9.17, 15) is 4.79 Å². The molecule has 0 bridgehead atoms. The average Bonchev–Trinajstić information content (AvgIpc) is 3.00. The summed E-state index contributed by atoms with van der Waals surface area (Å²) in [7, 11) is 0. The number of aromatic nitrogens is 1. The zero-order valence-electron chi connectivity index (χ0n) is 11.0. The first-order chi connectivity index (χ1) is 9.17. The van der Waals surface area contributed by atoms with E-state index >= 15 is 0 Å². The van der Waals surface area contributed by atoms with Crippen molar-refractivity contribution >= 4 is 33.7 Å². The van der Waals surface area contributed by atoms with E-state index < -0.39 is 0 Å². The molecule has 2 aromatic rings. The molecule has 0 atom stereocenters. The molecule has 0 unspecified atom stereocenters. The van der Waals surface area contributed by atoms with Crippen molar-refractivity contribution in [3.63, 3.8) is 0 Å². The lowest BCUT2D eigenvalue weighted by Gasteiger charge is -2.18. The molecule has 0 saturated carbocycles. The van der Waals surface area contributed by atoms with Crippen LogP contribution in [0.4, 0.5) is 5.13 Å². The number of anilines is 1. The van der Waals surface area contributed by atoms with Gasteiger partial charge in [0, 0.05) is 30.3 Å². The summed E-state index contributed by atoms with van der Waals surface area (Å²) < 4.78 is 0. The first kappa shape index (κ1) is 14.2. The quantitative estimate of drug-likeness (QED) is 0.890. The molecular formula is C13H17N3OS2. The van der Waals surface area contributed by atoms with Crippen LogP contribution < -0.4 is 5.32 Å². The number of hydrogen-bond donors (Lipinski definition) is 1. The molecule has 2 heterocycles. The van der Waals surface area contributed by atoms with Crippen molar-refractivity contribution in [3.8, 4) is 0 Å². The lowest BCUT2D eigenvalue weighted by molar-refractivity contribution is -0.114. The highest BCUT2D eigenvalue weighted by Crippen LogP contribution is 2.18. The molecule has 0 aliphatic heterocycles. The first-order valence-electron chi connectivity index (χ1n) is 6.14. The second-order valence-electron chi connectivity index (χ2n) is 4.21. The number of nitrogens with zero attached hydrogens (tertiary/aromatic N) is 2. The molecule has 2 rings (SSSR count). The van der Waals surface area contributed by atoms with Gasteiger partial charge in [-0.05, 0) is 18.0 Å². The fourth-order valence-electron chi connectivity index (χ4n) is 1.72. The molecule has 0 saturated heterocycles. The van der Waals surface area contributed by atoms with Crippen LogP contribution in [0.3, 0.4) is 0 Å². The van der Waals surface area contributed by atoms with E-state index in [0.717, 1.165) is 25.3 Å². The summed E-state index contributed by atoms with van der Waals surface area (Å²) in [6, 6.07) is 4.22. The molecule has 0 fully saturated rings. The molecule has 1 N–H and O–H groups in total. The largest absolute Gasteiger partial charge is 0.302 e. The van der Waals surface area contributed by atoms with E-state index in [0.29, 0.717) is 5.13 Å². The van der Waals surface area contributed by atoms with E-state index in [1.807, 2.05) is 5.38 Å². The van der Waals surface area contributed by atoms with Crippen molar-refractivity contribution in [2.75, 3.05) is 11.9 Å². The second-order valence-corrected chi connectivity index (χ2v) is 6.10. The van der Waals surface area contributed by atoms with Crippen molar-refractivity contribution < 1.29 is 4.79 Å². The maximum absolute atomic E-state index is 11.0. The summed E-state index contributed by atoms with van der Waals surface area (Å²) in [5.74, 6) is -0.0770. The Morgan fingerprint density at radius 1 is 1.42 bits per heavy atom. The summed E-state index contributed by atoms with van der Waals surface area (Å²) in [5.41, 5.74) is 1.01. The zero-order valence-corrected chi connectivity index (χ0v) is 12.7. The second kappa shape index (κ2) is 6.79. The van der Waals surface area contributed by atoms with Gasteiger partial charge in [0.2, 0.25) is 5.91 Å². The monoisotopic (exact) mass is 295 g/mol. The Balaban J connectivity index is 1.94. The smallest absolute Gasteiger partial charge is 0.223 e. The predicted octanol–water partition coefficient (Wildman–Crippen LogP) is 3.19. The molecule has 0 aliphatic carbocycles. The van der Waals surface area contributed by atoms with Crippen LogP contribution >= 0.6 is 22.7 Å². The van der Waals surface area contributed by atoms with Crippen molar-refractivity contribution in [1.29, 1.82) is 0 Å². The lowest BCUT2D eigenvalue weighted by Crippen LogP contribution is -2.22. The number of thiazole rings is 1. The fraction of sp³-hybridized carbons (Fsp3) is 0.385. The van der Waals surface area contributed by atoms with Crippen LogP contribution in [0.15, 0.2) is 22.9 Å². The molecule has 2 aromatic heterocycles. The highest BCUT2D eigenvalue weighted by Gasteiger charge is 2.09. The fourth-order valence-corrected chi connectivity index (χ4v) is 3.21. The number of thiophene rings is 1. The number of rotatable bonds is 6. The highest BCUT2D eigenvalue weighted by molar-refractivity contribution is 7.13. The molecular weight excluding hydrogens is 278 g/mol. The van der Waals surface area contributed by atoms with Crippen molar-refractivity contribution in [1.82, 2.24) is 9.88 Å². The summed E-state index contributed by atoms with van der Waals surface area (Å²) >= 11 is 3.25. The van der Waals surface area contributed by atoms with Gasteiger partial charge >= 0.3 is 0 Å². The van der Waals surface area contributed by atoms with Crippen LogP contribution in [0.25, 0.3) is 0 Å². The number of carbonyl (C=O) groups excluding carboxylic acids is 1. The van der Waals surface area contributed by atoms with E-state index in [1.165, 1.54) is 23.1 Å². The van der Waals surface area contributed by atoms with E-state index in [-0.39, 0.29) is 5.91 Å². The molecule has 0 radical (unpaired) electrons. The van der Waals surface area contributed by atoms with Gasteiger partial charge in [0.05, 0.1) is 5.69 Å². The minimum absolute atomic E-state index is 0.0770. The third kappa shape index (κ3) is 4.41. The Morgan fingerprint density at radius 3 is 2.89 bits per heavy atom. The van der Waals surface area contributed by atoms with Gasteiger partial charge in [0.1, 0.15) is 0 Å². The number of nitrogens with one attached hydrogen (secondary N) is 1. The molecule has 0 spiro atoms.